The van der Waals surface area contributed by atoms with Crippen molar-refractivity contribution in [1.29, 1.82) is 0 Å². The van der Waals surface area contributed by atoms with Gasteiger partial charge in [-0.3, -0.25) is 9.59 Å². The molecule has 3 rings (SSSR count). The first-order chi connectivity index (χ1) is 11.4. The summed E-state index contributed by atoms with van der Waals surface area (Å²) in [5, 5.41) is 0.686. The van der Waals surface area contributed by atoms with Crippen molar-refractivity contribution in [3.8, 4) is 0 Å². The number of pyridine rings is 1. The molecule has 1 aromatic heterocycles. The fourth-order valence-electron chi connectivity index (χ4n) is 2.98. The summed E-state index contributed by atoms with van der Waals surface area (Å²) in [5.41, 5.74) is 0.632. The van der Waals surface area contributed by atoms with Crippen molar-refractivity contribution in [2.75, 3.05) is 32.4 Å². The molecule has 1 aliphatic heterocycles. The Bertz CT molecular complexity index is 936. The number of sulfonamides is 1. The van der Waals surface area contributed by atoms with Crippen LogP contribution in [-0.2, 0) is 10.0 Å². The third kappa shape index (κ3) is 3.34. The fourth-order valence-corrected chi connectivity index (χ4v) is 3.85. The van der Waals surface area contributed by atoms with Crippen LogP contribution in [0.25, 0.3) is 10.9 Å². The van der Waals surface area contributed by atoms with Gasteiger partial charge < -0.3 is 9.88 Å². The number of hydrogen-bond acceptors (Lipinski definition) is 4. The summed E-state index contributed by atoms with van der Waals surface area (Å²) in [6.45, 7) is 1.45. The Balaban J connectivity index is 1.91. The molecule has 2 heterocycles. The van der Waals surface area contributed by atoms with Crippen molar-refractivity contribution in [1.82, 2.24) is 14.2 Å². The van der Waals surface area contributed by atoms with E-state index in [4.69, 9.17) is 0 Å². The summed E-state index contributed by atoms with van der Waals surface area (Å²) >= 11 is 0. The first-order valence-electron chi connectivity index (χ1n) is 7.73. The van der Waals surface area contributed by atoms with E-state index >= 15 is 0 Å². The summed E-state index contributed by atoms with van der Waals surface area (Å²) in [6.07, 6.45) is 1.74. The highest BCUT2D eigenvalue weighted by molar-refractivity contribution is 7.88. The van der Waals surface area contributed by atoms with E-state index in [1.807, 2.05) is 6.07 Å². The Hall–Kier alpha value is -2.19. The summed E-state index contributed by atoms with van der Waals surface area (Å²) in [5.74, 6) is -0.243. The third-order valence-electron chi connectivity index (χ3n) is 4.19. The van der Waals surface area contributed by atoms with Crippen LogP contribution < -0.4 is 5.56 Å². The van der Waals surface area contributed by atoms with Crippen LogP contribution in [0.2, 0.25) is 0 Å². The number of nitrogens with one attached hydrogen (secondary N) is 1. The highest BCUT2D eigenvalue weighted by Crippen LogP contribution is 2.18. The maximum atomic E-state index is 12.9. The Morgan fingerprint density at radius 1 is 1.12 bits per heavy atom. The molecule has 0 radical (unpaired) electrons. The predicted molar refractivity (Wildman–Crippen MR) is 91.5 cm³/mol. The molecule has 1 aliphatic rings. The molecule has 8 heteroatoms. The molecule has 1 fully saturated rings. The van der Waals surface area contributed by atoms with Gasteiger partial charge in [-0.25, -0.2) is 12.7 Å². The van der Waals surface area contributed by atoms with E-state index in [2.05, 4.69) is 4.98 Å². The van der Waals surface area contributed by atoms with Crippen LogP contribution in [0.4, 0.5) is 0 Å². The number of carbonyl (C=O) groups is 1. The molecule has 2 aromatic rings. The van der Waals surface area contributed by atoms with Gasteiger partial charge in [0.25, 0.3) is 5.91 Å². The number of hydrogen-bond donors (Lipinski definition) is 1. The zero-order chi connectivity index (χ0) is 17.3. The maximum Gasteiger partial charge on any atom is 0.254 e. The number of H-pyrrole nitrogens is 1. The quantitative estimate of drug-likeness (QED) is 0.861. The standard InChI is InChI=1S/C16H19N3O4S/c1-24(22,23)19-8-4-7-18(9-10-19)16(21)13-11-15(20)17-14-6-3-2-5-12(13)14/h2-3,5-6,11H,4,7-10H2,1H3,(H,17,20). The molecule has 0 atom stereocenters. The monoisotopic (exact) mass is 349 g/mol. The number of para-hydroxylation sites is 1. The lowest BCUT2D eigenvalue weighted by Gasteiger charge is -2.21. The summed E-state index contributed by atoms with van der Waals surface area (Å²) < 4.78 is 24.7. The summed E-state index contributed by atoms with van der Waals surface area (Å²) in [6, 6.07) is 8.46. The van der Waals surface area contributed by atoms with E-state index < -0.39 is 10.0 Å². The van der Waals surface area contributed by atoms with Crippen molar-refractivity contribution >= 4 is 26.8 Å². The minimum atomic E-state index is -3.26. The molecule has 128 valence electrons. The number of rotatable bonds is 2. The number of aromatic amines is 1. The molecule has 24 heavy (non-hydrogen) atoms. The predicted octanol–water partition coefficient (Wildman–Crippen LogP) is 0.636. The Morgan fingerprint density at radius 2 is 1.88 bits per heavy atom. The number of benzene rings is 1. The van der Waals surface area contributed by atoms with Crippen LogP contribution >= 0.6 is 0 Å². The van der Waals surface area contributed by atoms with Gasteiger partial charge in [0, 0.05) is 43.1 Å². The number of amides is 1. The second kappa shape index (κ2) is 6.37. The molecule has 1 amide bonds. The first kappa shape index (κ1) is 16.7. The van der Waals surface area contributed by atoms with Gasteiger partial charge in [-0.1, -0.05) is 18.2 Å². The minimum absolute atomic E-state index is 0.243. The second-order valence-electron chi connectivity index (χ2n) is 5.90. The maximum absolute atomic E-state index is 12.9. The first-order valence-corrected chi connectivity index (χ1v) is 9.57. The van der Waals surface area contributed by atoms with Crippen molar-refractivity contribution in [2.45, 2.75) is 6.42 Å². The minimum Gasteiger partial charge on any atom is -0.337 e. The van der Waals surface area contributed by atoms with Crippen LogP contribution in [-0.4, -0.2) is 60.9 Å². The van der Waals surface area contributed by atoms with Crippen molar-refractivity contribution < 1.29 is 13.2 Å². The molecule has 0 spiro atoms. The molecular formula is C16H19N3O4S. The zero-order valence-electron chi connectivity index (χ0n) is 13.4. The molecule has 0 bridgehead atoms. The second-order valence-corrected chi connectivity index (χ2v) is 7.88. The van der Waals surface area contributed by atoms with Gasteiger partial charge in [-0.15, -0.1) is 0 Å². The number of nitrogens with zero attached hydrogens (tertiary/aromatic N) is 2. The van der Waals surface area contributed by atoms with Gasteiger partial charge in [0.05, 0.1) is 11.8 Å². The van der Waals surface area contributed by atoms with Crippen LogP contribution in [0, 0.1) is 0 Å². The van der Waals surface area contributed by atoms with E-state index in [0.29, 0.717) is 42.5 Å². The molecule has 0 saturated carbocycles. The highest BCUT2D eigenvalue weighted by atomic mass is 32.2. The smallest absolute Gasteiger partial charge is 0.254 e. The van der Waals surface area contributed by atoms with E-state index in [9.17, 15) is 18.0 Å². The molecule has 1 saturated heterocycles. The lowest BCUT2D eigenvalue weighted by molar-refractivity contribution is 0.0766. The van der Waals surface area contributed by atoms with Gasteiger partial charge in [-0.05, 0) is 12.5 Å². The highest BCUT2D eigenvalue weighted by Gasteiger charge is 2.25. The molecule has 1 N–H and O–H groups in total. The molecule has 0 aliphatic carbocycles. The normalized spacial score (nSPS) is 17.0. The van der Waals surface area contributed by atoms with Crippen molar-refractivity contribution in [2.24, 2.45) is 0 Å². The average Bonchev–Trinajstić information content (AvgIpc) is 2.79. The van der Waals surface area contributed by atoms with Gasteiger partial charge in [-0.2, -0.15) is 0 Å². The van der Waals surface area contributed by atoms with Gasteiger partial charge in [0.2, 0.25) is 15.6 Å². The number of aromatic nitrogens is 1. The Labute approximate surface area is 139 Å². The van der Waals surface area contributed by atoms with Crippen molar-refractivity contribution in [3.63, 3.8) is 0 Å². The lowest BCUT2D eigenvalue weighted by Crippen LogP contribution is -2.37. The SMILES string of the molecule is CS(=O)(=O)N1CCCN(C(=O)c2cc(=O)[nH]c3ccccc23)CC1. The summed E-state index contributed by atoms with van der Waals surface area (Å²) in [7, 11) is -3.26. The van der Waals surface area contributed by atoms with Crippen LogP contribution in [0.5, 0.6) is 0 Å². The van der Waals surface area contributed by atoms with Crippen molar-refractivity contribution in [3.05, 3.63) is 46.2 Å². The van der Waals surface area contributed by atoms with Gasteiger partial charge in [0.15, 0.2) is 0 Å². The molecule has 1 aromatic carbocycles. The molecular weight excluding hydrogens is 330 g/mol. The Kier molecular flexibility index (Phi) is 4.42. The van der Waals surface area contributed by atoms with E-state index in [1.54, 1.807) is 23.1 Å². The van der Waals surface area contributed by atoms with E-state index in [-0.39, 0.29) is 18.0 Å². The lowest BCUT2D eigenvalue weighted by atomic mass is 10.1. The Morgan fingerprint density at radius 3 is 2.62 bits per heavy atom. The van der Waals surface area contributed by atoms with Crippen LogP contribution in [0.15, 0.2) is 35.1 Å². The largest absolute Gasteiger partial charge is 0.337 e. The van der Waals surface area contributed by atoms with Crippen LogP contribution in [0.1, 0.15) is 16.8 Å². The summed E-state index contributed by atoms with van der Waals surface area (Å²) in [4.78, 5) is 29.0. The van der Waals surface area contributed by atoms with Crippen LogP contribution in [0.3, 0.4) is 0 Å². The average molecular weight is 349 g/mol. The van der Waals surface area contributed by atoms with E-state index in [1.165, 1.54) is 16.6 Å². The number of carbonyl (C=O) groups excluding carboxylic acids is 1. The molecule has 7 nitrogen and oxygen atoms in total. The fraction of sp³-hybridized carbons (Fsp3) is 0.375. The molecule has 0 unspecified atom stereocenters. The van der Waals surface area contributed by atoms with E-state index in [0.717, 1.165) is 0 Å². The topological polar surface area (TPSA) is 90.6 Å². The third-order valence-corrected chi connectivity index (χ3v) is 5.50. The number of fused-ring (bicyclic) bond motifs is 1. The van der Waals surface area contributed by atoms with Gasteiger partial charge in [0.1, 0.15) is 0 Å². The zero-order valence-corrected chi connectivity index (χ0v) is 14.2. The van der Waals surface area contributed by atoms with Gasteiger partial charge >= 0.3 is 0 Å².